The number of alkyl halides is 3. The first-order valence-electron chi connectivity index (χ1n) is 9.99. The zero-order valence-corrected chi connectivity index (χ0v) is 16.8. The summed E-state index contributed by atoms with van der Waals surface area (Å²) >= 11 is 0. The molecule has 3 aliphatic rings. The number of hydrogen-bond acceptors (Lipinski definition) is 8. The summed E-state index contributed by atoms with van der Waals surface area (Å²) in [5.41, 5.74) is 6.65. The van der Waals surface area contributed by atoms with E-state index in [9.17, 15) is 18.0 Å². The van der Waals surface area contributed by atoms with Gasteiger partial charge in [0.2, 0.25) is 5.88 Å². The van der Waals surface area contributed by atoms with Crippen molar-refractivity contribution in [3.63, 3.8) is 0 Å². The molecule has 1 unspecified atom stereocenters. The second-order valence-corrected chi connectivity index (χ2v) is 8.24. The van der Waals surface area contributed by atoms with Crippen LogP contribution in [0.4, 0.5) is 13.2 Å². The summed E-state index contributed by atoms with van der Waals surface area (Å²) in [5, 5.41) is 0. The lowest BCUT2D eigenvalue weighted by molar-refractivity contribution is -0.154. The van der Waals surface area contributed by atoms with Crippen molar-refractivity contribution in [2.24, 2.45) is 16.1 Å². The average Bonchev–Trinajstić information content (AvgIpc) is 3.44. The van der Waals surface area contributed by atoms with Crippen LogP contribution in [-0.2, 0) is 16.7 Å². The molecule has 1 aromatic heterocycles. The van der Waals surface area contributed by atoms with Crippen LogP contribution >= 0.6 is 0 Å². The summed E-state index contributed by atoms with van der Waals surface area (Å²) in [5.74, 6) is 0.0438. The van der Waals surface area contributed by atoms with Crippen LogP contribution in [0.25, 0.3) is 0 Å². The Balaban J connectivity index is 1.35. The van der Waals surface area contributed by atoms with E-state index in [1.807, 2.05) is 6.07 Å². The van der Waals surface area contributed by atoms with E-state index >= 15 is 0 Å². The van der Waals surface area contributed by atoms with Crippen molar-refractivity contribution in [3.05, 3.63) is 47.4 Å². The fourth-order valence-corrected chi connectivity index (χ4v) is 4.27. The summed E-state index contributed by atoms with van der Waals surface area (Å²) in [6.07, 6.45) is -0.456. The molecule has 1 fully saturated rings. The van der Waals surface area contributed by atoms with Crippen molar-refractivity contribution >= 4 is 11.8 Å². The van der Waals surface area contributed by atoms with Crippen LogP contribution in [0, 0.1) is 5.41 Å². The van der Waals surface area contributed by atoms with Crippen LogP contribution in [0.15, 0.2) is 35.6 Å². The maximum Gasteiger partial charge on any atom is 0.422 e. The van der Waals surface area contributed by atoms with Gasteiger partial charge in [0.25, 0.3) is 6.02 Å². The lowest BCUT2D eigenvalue weighted by Crippen LogP contribution is -2.44. The van der Waals surface area contributed by atoms with Crippen LogP contribution in [-0.4, -0.2) is 47.8 Å². The molecular weight excluding hydrogens is 429 g/mol. The number of nitrogens with two attached hydrogens (primary N) is 1. The molecular formula is C21H19F3N4O4. The van der Waals surface area contributed by atoms with Crippen molar-refractivity contribution in [3.8, 4) is 11.6 Å². The summed E-state index contributed by atoms with van der Waals surface area (Å²) < 4.78 is 52.7. The molecule has 32 heavy (non-hydrogen) atoms. The van der Waals surface area contributed by atoms with Gasteiger partial charge < -0.3 is 19.9 Å². The molecule has 5 rings (SSSR count). The monoisotopic (exact) mass is 448 g/mol. The molecule has 1 saturated carbocycles. The molecule has 8 nitrogen and oxygen atoms in total. The van der Waals surface area contributed by atoms with E-state index in [0.717, 1.165) is 30.8 Å². The predicted molar refractivity (Wildman–Crippen MR) is 104 cm³/mol. The highest BCUT2D eigenvalue weighted by Crippen LogP contribution is 2.65. The second kappa shape index (κ2) is 7.07. The smallest absolute Gasteiger partial charge is 0.422 e. The lowest BCUT2D eigenvalue weighted by atomic mass is 9.74. The van der Waals surface area contributed by atoms with Gasteiger partial charge in [-0.1, -0.05) is 6.07 Å². The van der Waals surface area contributed by atoms with E-state index in [1.165, 1.54) is 0 Å². The number of fused-ring (bicyclic) bond motifs is 3. The van der Waals surface area contributed by atoms with Gasteiger partial charge in [-0.2, -0.15) is 13.2 Å². The molecule has 1 aliphatic carbocycles. The highest BCUT2D eigenvalue weighted by atomic mass is 19.4. The van der Waals surface area contributed by atoms with Crippen LogP contribution in [0.5, 0.6) is 11.6 Å². The Kier molecular flexibility index (Phi) is 4.54. The molecule has 0 saturated heterocycles. The van der Waals surface area contributed by atoms with Gasteiger partial charge in [-0.3, -0.25) is 4.79 Å². The number of aromatic nitrogens is 2. The number of carbonyl (C=O) groups is 1. The Labute approximate surface area is 180 Å². The van der Waals surface area contributed by atoms with Gasteiger partial charge in [-0.05, 0) is 30.5 Å². The van der Waals surface area contributed by atoms with Crippen molar-refractivity contribution < 1.29 is 32.2 Å². The number of ketones is 1. The summed E-state index contributed by atoms with van der Waals surface area (Å²) in [7, 11) is 0. The minimum Gasteiger partial charge on any atom is -0.493 e. The highest BCUT2D eigenvalue weighted by Gasteiger charge is 2.66. The number of ether oxygens (including phenoxy) is 3. The summed E-state index contributed by atoms with van der Waals surface area (Å²) in [6.45, 7) is -0.611. The van der Waals surface area contributed by atoms with Gasteiger partial charge >= 0.3 is 6.18 Å². The molecule has 1 atom stereocenters. The first-order chi connectivity index (χ1) is 15.2. The Hall–Kier alpha value is -3.37. The van der Waals surface area contributed by atoms with Crippen molar-refractivity contribution in [1.82, 2.24) is 9.97 Å². The zero-order chi connectivity index (χ0) is 22.6. The average molecular weight is 448 g/mol. The highest BCUT2D eigenvalue weighted by molar-refractivity contribution is 5.95. The Morgan fingerprint density at radius 3 is 2.59 bits per heavy atom. The molecule has 11 heteroatoms. The number of Topliss-reactive ketones (excluding diaryl/α,β-unsaturated/α-hetero) is 1. The lowest BCUT2D eigenvalue weighted by Gasteiger charge is -2.39. The molecule has 2 aliphatic heterocycles. The maximum absolute atomic E-state index is 12.7. The molecule has 2 aromatic rings. The Morgan fingerprint density at radius 1 is 1.16 bits per heavy atom. The molecule has 2 N–H and O–H groups in total. The van der Waals surface area contributed by atoms with E-state index in [4.69, 9.17) is 15.2 Å². The molecule has 3 heterocycles. The van der Waals surface area contributed by atoms with E-state index in [-0.39, 0.29) is 35.2 Å². The number of benzene rings is 1. The summed E-state index contributed by atoms with van der Waals surface area (Å²) in [4.78, 5) is 25.0. The Bertz CT molecular complexity index is 1100. The number of carbonyl (C=O) groups excluding carboxylic acids is 1. The zero-order valence-electron chi connectivity index (χ0n) is 16.8. The normalized spacial score (nSPS) is 22.7. The molecule has 168 valence electrons. The van der Waals surface area contributed by atoms with Crippen LogP contribution in [0.3, 0.4) is 0 Å². The quantitative estimate of drug-likeness (QED) is 0.701. The Morgan fingerprint density at radius 2 is 1.97 bits per heavy atom. The first-order valence-corrected chi connectivity index (χ1v) is 9.99. The minimum absolute atomic E-state index is 0.0217. The number of aliphatic imine (C=N–C) groups is 1. The summed E-state index contributed by atoms with van der Waals surface area (Å²) in [6, 6.07) is 5.62. The number of halogens is 3. The third-order valence-corrected chi connectivity index (χ3v) is 6.12. The standard InChI is InChI=1S/C21H19F3N4O4/c22-21(23,24)11-31-17-8-26-14(7-27-17)15(29)6-12-1-2-16-13(5-12)20(10-32-18(25)28-20)19(3-4-19)9-30-16/h1-2,5,7-8H,3-4,6,9-11H2,(H2,25,28). The molecule has 2 spiro atoms. The molecule has 0 amide bonds. The number of rotatable bonds is 5. The van der Waals surface area contributed by atoms with Gasteiger partial charge in [-0.15, -0.1) is 0 Å². The molecule has 0 bridgehead atoms. The number of hydrogen-bond donors (Lipinski definition) is 1. The first kappa shape index (κ1) is 20.5. The third-order valence-electron chi connectivity index (χ3n) is 6.12. The van der Waals surface area contributed by atoms with Gasteiger partial charge in [0, 0.05) is 17.4 Å². The van der Waals surface area contributed by atoms with E-state index < -0.39 is 18.3 Å². The van der Waals surface area contributed by atoms with Crippen LogP contribution in [0.1, 0.15) is 34.5 Å². The predicted octanol–water partition coefficient (Wildman–Crippen LogP) is 2.56. The fraction of sp³-hybridized carbons (Fsp3) is 0.429. The van der Waals surface area contributed by atoms with Crippen molar-refractivity contribution in [1.29, 1.82) is 0 Å². The van der Waals surface area contributed by atoms with Gasteiger partial charge in [0.15, 0.2) is 12.4 Å². The van der Waals surface area contributed by atoms with Gasteiger partial charge in [0.05, 0.1) is 19.0 Å². The molecule has 0 radical (unpaired) electrons. The third kappa shape index (κ3) is 3.51. The van der Waals surface area contributed by atoms with Crippen LogP contribution in [0.2, 0.25) is 0 Å². The molecule has 1 aromatic carbocycles. The fourth-order valence-electron chi connectivity index (χ4n) is 4.27. The second-order valence-electron chi connectivity index (χ2n) is 8.24. The largest absolute Gasteiger partial charge is 0.493 e. The van der Waals surface area contributed by atoms with Gasteiger partial charge in [0.1, 0.15) is 23.6 Å². The van der Waals surface area contributed by atoms with Gasteiger partial charge in [-0.25, -0.2) is 15.0 Å². The minimum atomic E-state index is -4.48. The number of nitrogens with zero attached hydrogens (tertiary/aromatic N) is 3. The van der Waals surface area contributed by atoms with Crippen molar-refractivity contribution in [2.45, 2.75) is 31.0 Å². The number of amidine groups is 1. The van der Waals surface area contributed by atoms with Crippen molar-refractivity contribution in [2.75, 3.05) is 19.8 Å². The maximum atomic E-state index is 12.7. The van der Waals surface area contributed by atoms with E-state index in [1.54, 1.807) is 12.1 Å². The van der Waals surface area contributed by atoms with E-state index in [2.05, 4.69) is 19.7 Å². The van der Waals surface area contributed by atoms with E-state index in [0.29, 0.717) is 24.5 Å². The van der Waals surface area contributed by atoms with Crippen LogP contribution < -0.4 is 15.2 Å². The topological polar surface area (TPSA) is 109 Å². The SMILES string of the molecule is NC1=NC2(CO1)c1cc(CC(=O)c3cnc(OCC(F)(F)F)cn3)ccc1OCC21CC1.